The lowest BCUT2D eigenvalue weighted by atomic mass is 9.80. The first-order valence-electron chi connectivity index (χ1n) is 9.52. The number of halogens is 3. The number of rotatable bonds is 9. The standard InChI is InChI=1S/C21H27F3O3/c22-21(23,24)14-2-1-3-16-4-6-18(7-5-16)15-27-19-11-8-17(9-12-19)10-13-20(25)26/h8-13,16,18H,1-7,14-15H2,(H,25,26). The Labute approximate surface area is 158 Å². The van der Waals surface area contributed by atoms with E-state index in [0.717, 1.165) is 49.5 Å². The van der Waals surface area contributed by atoms with Crippen molar-refractivity contribution < 1.29 is 27.8 Å². The monoisotopic (exact) mass is 384 g/mol. The van der Waals surface area contributed by atoms with Crippen LogP contribution in [0.3, 0.4) is 0 Å². The molecule has 1 fully saturated rings. The van der Waals surface area contributed by atoms with Gasteiger partial charge in [0.15, 0.2) is 0 Å². The van der Waals surface area contributed by atoms with Crippen LogP contribution in [0.5, 0.6) is 5.75 Å². The van der Waals surface area contributed by atoms with Crippen LogP contribution in [0.1, 0.15) is 56.9 Å². The van der Waals surface area contributed by atoms with E-state index in [4.69, 9.17) is 9.84 Å². The van der Waals surface area contributed by atoms with Gasteiger partial charge in [0.2, 0.25) is 0 Å². The number of hydrogen-bond donors (Lipinski definition) is 1. The summed E-state index contributed by atoms with van der Waals surface area (Å²) >= 11 is 0. The van der Waals surface area contributed by atoms with Crippen molar-refractivity contribution in [3.63, 3.8) is 0 Å². The van der Waals surface area contributed by atoms with E-state index in [0.29, 0.717) is 24.9 Å². The molecule has 1 saturated carbocycles. The molecule has 1 aromatic rings. The molecule has 0 amide bonds. The number of carboxylic acids is 1. The molecule has 0 bridgehead atoms. The van der Waals surface area contributed by atoms with Crippen LogP contribution in [0.25, 0.3) is 6.08 Å². The molecule has 0 atom stereocenters. The summed E-state index contributed by atoms with van der Waals surface area (Å²) in [5, 5.41) is 8.61. The first kappa shape index (κ1) is 21.3. The molecule has 0 radical (unpaired) electrons. The third kappa shape index (κ3) is 8.98. The Morgan fingerprint density at radius 1 is 1.07 bits per heavy atom. The molecule has 1 aromatic carbocycles. The second-order valence-electron chi connectivity index (χ2n) is 7.30. The molecule has 0 heterocycles. The highest BCUT2D eigenvalue weighted by molar-refractivity contribution is 5.85. The van der Waals surface area contributed by atoms with Gasteiger partial charge in [0, 0.05) is 12.5 Å². The molecule has 150 valence electrons. The number of unbranched alkanes of at least 4 members (excludes halogenated alkanes) is 1. The summed E-state index contributed by atoms with van der Waals surface area (Å²) < 4.78 is 42.3. The Morgan fingerprint density at radius 3 is 2.30 bits per heavy atom. The lowest BCUT2D eigenvalue weighted by Gasteiger charge is -2.28. The van der Waals surface area contributed by atoms with Crippen molar-refractivity contribution in [2.45, 2.75) is 57.5 Å². The van der Waals surface area contributed by atoms with Crippen LogP contribution < -0.4 is 4.74 Å². The zero-order chi connectivity index (χ0) is 19.7. The van der Waals surface area contributed by atoms with Gasteiger partial charge in [0.25, 0.3) is 0 Å². The van der Waals surface area contributed by atoms with Gasteiger partial charge in [-0.2, -0.15) is 13.2 Å². The summed E-state index contributed by atoms with van der Waals surface area (Å²) in [5.41, 5.74) is 0.802. The van der Waals surface area contributed by atoms with E-state index in [9.17, 15) is 18.0 Å². The van der Waals surface area contributed by atoms with Gasteiger partial charge in [-0.25, -0.2) is 4.79 Å². The van der Waals surface area contributed by atoms with E-state index in [-0.39, 0.29) is 6.42 Å². The largest absolute Gasteiger partial charge is 0.493 e. The average molecular weight is 384 g/mol. The number of ether oxygens (including phenoxy) is 1. The van der Waals surface area contributed by atoms with Crippen molar-refractivity contribution in [1.29, 1.82) is 0 Å². The van der Waals surface area contributed by atoms with E-state index in [1.54, 1.807) is 0 Å². The van der Waals surface area contributed by atoms with Gasteiger partial charge in [-0.1, -0.05) is 37.8 Å². The number of carboxylic acid groups (broad SMARTS) is 1. The van der Waals surface area contributed by atoms with E-state index in [1.807, 2.05) is 24.3 Å². The number of aliphatic carboxylic acids is 1. The zero-order valence-electron chi connectivity index (χ0n) is 15.4. The smallest absolute Gasteiger partial charge is 0.389 e. The molecule has 1 aliphatic rings. The lowest BCUT2D eigenvalue weighted by Crippen LogP contribution is -2.20. The molecule has 0 spiro atoms. The molecule has 1 aliphatic carbocycles. The van der Waals surface area contributed by atoms with Gasteiger partial charge in [-0.3, -0.25) is 0 Å². The maximum atomic E-state index is 12.1. The van der Waals surface area contributed by atoms with Crippen molar-refractivity contribution in [2.75, 3.05) is 6.61 Å². The molecular formula is C21H27F3O3. The Bertz CT molecular complexity index is 600. The second kappa shape index (κ2) is 10.4. The highest BCUT2D eigenvalue weighted by Gasteiger charge is 2.26. The van der Waals surface area contributed by atoms with E-state index in [1.165, 1.54) is 6.08 Å². The van der Waals surface area contributed by atoms with Crippen LogP contribution in [-0.2, 0) is 4.79 Å². The SMILES string of the molecule is O=C(O)C=Cc1ccc(OCC2CCC(CCCCC(F)(F)F)CC2)cc1. The van der Waals surface area contributed by atoms with Crippen LogP contribution in [0.2, 0.25) is 0 Å². The van der Waals surface area contributed by atoms with Gasteiger partial charge in [-0.15, -0.1) is 0 Å². The first-order chi connectivity index (χ1) is 12.8. The predicted octanol–water partition coefficient (Wildman–Crippen LogP) is 6.09. The minimum atomic E-state index is -4.03. The Morgan fingerprint density at radius 2 is 1.70 bits per heavy atom. The molecular weight excluding hydrogens is 357 g/mol. The fourth-order valence-electron chi connectivity index (χ4n) is 3.50. The molecule has 3 nitrogen and oxygen atoms in total. The number of alkyl halides is 3. The third-order valence-electron chi connectivity index (χ3n) is 5.07. The number of benzene rings is 1. The molecule has 6 heteroatoms. The summed E-state index contributed by atoms with van der Waals surface area (Å²) in [7, 11) is 0. The summed E-state index contributed by atoms with van der Waals surface area (Å²) in [5.74, 6) is 0.820. The molecule has 0 aliphatic heterocycles. The Balaban J connectivity index is 1.62. The maximum Gasteiger partial charge on any atom is 0.389 e. The minimum Gasteiger partial charge on any atom is -0.493 e. The molecule has 0 saturated heterocycles. The molecule has 1 N–H and O–H groups in total. The third-order valence-corrected chi connectivity index (χ3v) is 5.07. The minimum absolute atomic E-state index is 0.240. The van der Waals surface area contributed by atoms with Crippen molar-refractivity contribution in [3.8, 4) is 5.75 Å². The van der Waals surface area contributed by atoms with Crippen LogP contribution >= 0.6 is 0 Å². The van der Waals surface area contributed by atoms with Crippen LogP contribution in [0.15, 0.2) is 30.3 Å². The van der Waals surface area contributed by atoms with E-state index < -0.39 is 18.6 Å². The fraction of sp³-hybridized carbons (Fsp3) is 0.571. The normalized spacial score (nSPS) is 20.7. The summed E-state index contributed by atoms with van der Waals surface area (Å²) in [6.45, 7) is 0.644. The van der Waals surface area contributed by atoms with Crippen molar-refractivity contribution in [2.24, 2.45) is 11.8 Å². The Hall–Kier alpha value is -1.98. The molecule has 0 unspecified atom stereocenters. The van der Waals surface area contributed by atoms with Gasteiger partial charge in [0.1, 0.15) is 5.75 Å². The van der Waals surface area contributed by atoms with Crippen LogP contribution in [0, 0.1) is 11.8 Å². The van der Waals surface area contributed by atoms with E-state index >= 15 is 0 Å². The predicted molar refractivity (Wildman–Crippen MR) is 98.6 cm³/mol. The molecule has 0 aromatic heterocycles. The molecule has 27 heavy (non-hydrogen) atoms. The number of hydrogen-bond acceptors (Lipinski definition) is 2. The Kier molecular flexibility index (Phi) is 8.20. The lowest BCUT2D eigenvalue weighted by molar-refractivity contribution is -0.136. The number of carbonyl (C=O) groups is 1. The second-order valence-corrected chi connectivity index (χ2v) is 7.30. The highest BCUT2D eigenvalue weighted by atomic mass is 19.4. The summed E-state index contributed by atoms with van der Waals surface area (Å²) in [4.78, 5) is 10.5. The van der Waals surface area contributed by atoms with Gasteiger partial charge < -0.3 is 9.84 Å². The van der Waals surface area contributed by atoms with Crippen molar-refractivity contribution in [3.05, 3.63) is 35.9 Å². The van der Waals surface area contributed by atoms with Gasteiger partial charge in [-0.05, 0) is 54.9 Å². The summed E-state index contributed by atoms with van der Waals surface area (Å²) in [6.07, 6.45) is 3.98. The fourth-order valence-corrected chi connectivity index (χ4v) is 3.50. The topological polar surface area (TPSA) is 46.5 Å². The van der Waals surface area contributed by atoms with Crippen LogP contribution in [-0.4, -0.2) is 23.9 Å². The molecule has 2 rings (SSSR count). The quantitative estimate of drug-likeness (QED) is 0.414. The summed E-state index contributed by atoms with van der Waals surface area (Å²) in [6, 6.07) is 7.28. The average Bonchev–Trinajstić information content (AvgIpc) is 2.63. The maximum absolute atomic E-state index is 12.1. The van der Waals surface area contributed by atoms with Crippen LogP contribution in [0.4, 0.5) is 13.2 Å². The highest BCUT2D eigenvalue weighted by Crippen LogP contribution is 2.33. The zero-order valence-corrected chi connectivity index (χ0v) is 15.4. The van der Waals surface area contributed by atoms with E-state index in [2.05, 4.69) is 0 Å². The first-order valence-corrected chi connectivity index (χ1v) is 9.52. The van der Waals surface area contributed by atoms with Gasteiger partial charge in [0.05, 0.1) is 6.61 Å². The van der Waals surface area contributed by atoms with Crippen molar-refractivity contribution >= 4 is 12.0 Å². The van der Waals surface area contributed by atoms with Gasteiger partial charge >= 0.3 is 12.1 Å². The van der Waals surface area contributed by atoms with Crippen molar-refractivity contribution in [1.82, 2.24) is 0 Å².